The fourth-order valence-corrected chi connectivity index (χ4v) is 6.85. The van der Waals surface area contributed by atoms with Gasteiger partial charge in [0.25, 0.3) is 5.91 Å². The largest absolute Gasteiger partial charge is 0.351 e. The molecule has 2 amide bonds. The molecule has 2 atom stereocenters. The molecule has 2 saturated heterocycles. The van der Waals surface area contributed by atoms with E-state index in [0.29, 0.717) is 31.0 Å². The normalized spacial score (nSPS) is 27.1. The van der Waals surface area contributed by atoms with Gasteiger partial charge in [-0.3, -0.25) is 14.5 Å². The van der Waals surface area contributed by atoms with E-state index in [9.17, 15) is 18.0 Å². The maximum atomic E-state index is 12.7. The highest BCUT2D eigenvalue weighted by atomic mass is 32.2. The third-order valence-electron chi connectivity index (χ3n) is 5.99. The molecule has 8 nitrogen and oxygen atoms in total. The van der Waals surface area contributed by atoms with Gasteiger partial charge >= 0.3 is 0 Å². The highest BCUT2D eigenvalue weighted by molar-refractivity contribution is 7.91. The van der Waals surface area contributed by atoms with Gasteiger partial charge in [-0.2, -0.15) is 5.10 Å². The molecule has 3 aliphatic rings. The number of sulfone groups is 1. The second-order valence-electron chi connectivity index (χ2n) is 8.37. The number of thiophene rings is 1. The quantitative estimate of drug-likeness (QED) is 0.700. The van der Waals surface area contributed by atoms with Gasteiger partial charge in [0.05, 0.1) is 17.5 Å². The number of nitrogens with zero attached hydrogens (tertiary/aromatic N) is 3. The summed E-state index contributed by atoms with van der Waals surface area (Å²) in [7, 11) is -3.12. The van der Waals surface area contributed by atoms with Crippen LogP contribution in [0, 0.1) is 5.92 Å². The summed E-state index contributed by atoms with van der Waals surface area (Å²) >= 11 is 1.77. The van der Waals surface area contributed by atoms with Crippen LogP contribution in [0.2, 0.25) is 0 Å². The van der Waals surface area contributed by atoms with E-state index in [-0.39, 0.29) is 29.7 Å². The molecule has 30 heavy (non-hydrogen) atoms. The van der Waals surface area contributed by atoms with E-state index in [1.807, 2.05) is 0 Å². The number of carbonyl (C=O) groups excluding carboxylic acids is 2. The van der Waals surface area contributed by atoms with Crippen molar-refractivity contribution >= 4 is 38.7 Å². The molecule has 3 aliphatic heterocycles. The summed E-state index contributed by atoms with van der Waals surface area (Å²) in [6.45, 7) is 3.58. The topological polar surface area (TPSA) is 99.2 Å². The Morgan fingerprint density at radius 3 is 2.90 bits per heavy atom. The number of piperidine rings is 1. The van der Waals surface area contributed by atoms with E-state index in [2.05, 4.69) is 32.8 Å². The van der Waals surface area contributed by atoms with Crippen molar-refractivity contribution in [2.45, 2.75) is 44.7 Å². The first-order chi connectivity index (χ1) is 14.4. The van der Waals surface area contributed by atoms with Gasteiger partial charge in [0.2, 0.25) is 5.91 Å². The van der Waals surface area contributed by atoms with Gasteiger partial charge in [-0.15, -0.1) is 11.3 Å². The maximum absolute atomic E-state index is 12.7. The summed E-state index contributed by atoms with van der Waals surface area (Å²) in [6.07, 6.45) is 3.08. The van der Waals surface area contributed by atoms with Crippen LogP contribution in [0.1, 0.15) is 37.0 Å². The summed E-state index contributed by atoms with van der Waals surface area (Å²) < 4.78 is 23.5. The van der Waals surface area contributed by atoms with Crippen LogP contribution < -0.4 is 5.32 Å². The molecular formula is C20H28N4O4S2. The Bertz CT molecular complexity index is 913. The van der Waals surface area contributed by atoms with Gasteiger partial charge in [-0.05, 0) is 43.2 Å². The molecule has 1 aromatic rings. The molecular weight excluding hydrogens is 424 g/mol. The number of hydrazone groups is 1. The lowest BCUT2D eigenvalue weighted by atomic mass is 9.97. The van der Waals surface area contributed by atoms with Crippen molar-refractivity contribution in [2.75, 3.05) is 31.1 Å². The molecule has 0 bridgehead atoms. The molecule has 4 rings (SSSR count). The molecule has 0 radical (unpaired) electrons. The number of carbonyl (C=O) groups is 2. The number of hydrogen-bond acceptors (Lipinski definition) is 7. The first-order valence-corrected chi connectivity index (χ1v) is 13.2. The Labute approximate surface area is 181 Å². The van der Waals surface area contributed by atoms with E-state index >= 15 is 0 Å². The Kier molecular flexibility index (Phi) is 6.54. The molecule has 164 valence electrons. The van der Waals surface area contributed by atoms with E-state index < -0.39 is 15.9 Å². The Morgan fingerprint density at radius 2 is 2.17 bits per heavy atom. The molecule has 0 aromatic carbocycles. The minimum absolute atomic E-state index is 0.0702. The third-order valence-corrected chi connectivity index (χ3v) is 8.60. The molecule has 10 heteroatoms. The highest BCUT2D eigenvalue weighted by Crippen LogP contribution is 2.23. The zero-order valence-electron chi connectivity index (χ0n) is 17.0. The van der Waals surface area contributed by atoms with Crippen molar-refractivity contribution in [3.05, 3.63) is 22.4 Å². The van der Waals surface area contributed by atoms with Gasteiger partial charge in [0, 0.05) is 37.4 Å². The summed E-state index contributed by atoms with van der Waals surface area (Å²) in [5.74, 6) is -0.0556. The molecule has 0 aliphatic carbocycles. The summed E-state index contributed by atoms with van der Waals surface area (Å²) in [4.78, 5) is 28.7. The highest BCUT2D eigenvalue weighted by Gasteiger charge is 2.37. The predicted molar refractivity (Wildman–Crippen MR) is 116 cm³/mol. The molecule has 2 fully saturated rings. The van der Waals surface area contributed by atoms with E-state index in [1.54, 1.807) is 11.3 Å². The second kappa shape index (κ2) is 9.15. The van der Waals surface area contributed by atoms with Crippen molar-refractivity contribution in [2.24, 2.45) is 11.0 Å². The van der Waals surface area contributed by atoms with Crippen LogP contribution in [0.5, 0.6) is 0 Å². The molecule has 1 aromatic heterocycles. The lowest BCUT2D eigenvalue weighted by Crippen LogP contribution is -2.45. The number of nitrogens with one attached hydrogen (secondary N) is 1. The summed E-state index contributed by atoms with van der Waals surface area (Å²) in [6, 6.07) is 3.77. The Hall–Kier alpha value is -1.78. The molecule has 0 spiro atoms. The zero-order valence-corrected chi connectivity index (χ0v) is 18.6. The second-order valence-corrected chi connectivity index (χ2v) is 11.6. The van der Waals surface area contributed by atoms with Crippen molar-refractivity contribution in [1.82, 2.24) is 15.2 Å². The van der Waals surface area contributed by atoms with Crippen LogP contribution >= 0.6 is 11.3 Å². The van der Waals surface area contributed by atoms with E-state index in [1.165, 1.54) is 9.89 Å². The summed E-state index contributed by atoms with van der Waals surface area (Å²) in [5.41, 5.74) is 0.324. The minimum atomic E-state index is -3.12. The predicted octanol–water partition coefficient (Wildman–Crippen LogP) is 1.24. The monoisotopic (exact) mass is 452 g/mol. The molecule has 4 heterocycles. The van der Waals surface area contributed by atoms with Gasteiger partial charge in [-0.25, -0.2) is 13.4 Å². The van der Waals surface area contributed by atoms with Crippen LogP contribution in [-0.4, -0.2) is 73.0 Å². The van der Waals surface area contributed by atoms with Gasteiger partial charge in [0.1, 0.15) is 5.71 Å². The number of rotatable bonds is 6. The first-order valence-electron chi connectivity index (χ1n) is 10.5. The van der Waals surface area contributed by atoms with Crippen LogP contribution in [0.4, 0.5) is 0 Å². The van der Waals surface area contributed by atoms with Crippen molar-refractivity contribution in [3.8, 4) is 0 Å². The fraction of sp³-hybridized carbons (Fsp3) is 0.650. The third kappa shape index (κ3) is 5.28. The first kappa shape index (κ1) is 21.5. The number of hydrogen-bond donors (Lipinski definition) is 1. The van der Waals surface area contributed by atoms with Crippen molar-refractivity contribution in [1.29, 1.82) is 0 Å². The lowest BCUT2D eigenvalue weighted by molar-refractivity contribution is -0.133. The van der Waals surface area contributed by atoms with Crippen LogP contribution in [0.3, 0.4) is 0 Å². The minimum Gasteiger partial charge on any atom is -0.351 e. The molecule has 1 N–H and O–H groups in total. The smallest absolute Gasteiger partial charge is 0.267 e. The maximum Gasteiger partial charge on any atom is 0.267 e. The van der Waals surface area contributed by atoms with Gasteiger partial charge in [0.15, 0.2) is 9.84 Å². The molecule has 2 unspecified atom stereocenters. The zero-order chi connectivity index (χ0) is 21.1. The van der Waals surface area contributed by atoms with Crippen LogP contribution in [-0.2, 0) is 26.0 Å². The van der Waals surface area contributed by atoms with E-state index in [4.69, 9.17) is 0 Å². The average Bonchev–Trinajstić information content (AvgIpc) is 3.36. The standard InChI is InChI=1S/C20H28N4O4S2/c25-19-6-5-18(22-24(19)16-7-10-30(27,28)14-16)20(26)21-11-15-3-1-8-23(12-15)13-17-4-2-9-29-17/h2,4,9,15-16H,1,3,5-8,10-14H2,(H,21,26). The molecule has 0 saturated carbocycles. The van der Waals surface area contributed by atoms with Crippen LogP contribution in [0.25, 0.3) is 0 Å². The van der Waals surface area contributed by atoms with Gasteiger partial charge < -0.3 is 5.32 Å². The number of likely N-dealkylation sites (tertiary alicyclic amines) is 1. The lowest BCUT2D eigenvalue weighted by Gasteiger charge is -2.32. The van der Waals surface area contributed by atoms with Gasteiger partial charge in [-0.1, -0.05) is 6.07 Å². The summed E-state index contributed by atoms with van der Waals surface area (Å²) in [5, 5.41) is 10.6. The van der Waals surface area contributed by atoms with Crippen molar-refractivity contribution in [3.63, 3.8) is 0 Å². The average molecular weight is 453 g/mol. The fourth-order valence-electron chi connectivity index (χ4n) is 4.41. The SMILES string of the molecule is O=C(NCC1CCCN(Cc2cccs2)C1)C1=NN(C2CCS(=O)(=O)C2)C(=O)CC1. The van der Waals surface area contributed by atoms with Crippen molar-refractivity contribution < 1.29 is 18.0 Å². The van der Waals surface area contributed by atoms with E-state index in [0.717, 1.165) is 32.5 Å². The van der Waals surface area contributed by atoms with Crippen LogP contribution in [0.15, 0.2) is 22.6 Å². The Morgan fingerprint density at radius 1 is 1.30 bits per heavy atom. The Balaban J connectivity index is 1.31. The number of amides is 2.